The maximum atomic E-state index is 14.4. The summed E-state index contributed by atoms with van der Waals surface area (Å²) in [6.45, 7) is 1.86. The number of primary amides is 3. The van der Waals surface area contributed by atoms with Crippen molar-refractivity contribution >= 4 is 81.8 Å². The third-order valence-electron chi connectivity index (χ3n) is 14.3. The maximum absolute atomic E-state index is 14.4. The van der Waals surface area contributed by atoms with Gasteiger partial charge in [-0.2, -0.15) is 0 Å². The van der Waals surface area contributed by atoms with Crippen molar-refractivity contribution in [1.29, 1.82) is 0 Å². The van der Waals surface area contributed by atoms with Crippen LogP contribution in [0.25, 0.3) is 10.9 Å². The standard InChI is InChI=1S/C62H81N15O14/c1-34(2)24-45(58(87)71-43(18-11-23-63)57(86)72-44(54(67)83)26-35-12-5-3-6-13-35)70-53(82)32-69-56(85)46(27-36-14-7-4-8-15-36)74-62(91)50(33-78)77-61(90)49(30-52(66)81)76-59(88)47(28-38-31-68-42-17-10-9-16-40(38)42)75-60(89)48(29-51(65)80)73-55(84)41(64)25-37-19-21-39(79)22-20-37/h3-10,12-17,19-22,31,34,41,43-50,68,78-79H,11,18,23-30,32-33,63-64H2,1-2H3,(H2,65,80)(H2,66,81)(H2,67,83)(H,69,85)(H,70,82)(H,71,87)(H,72,86)(H,73,84)(H,74,91)(H,75,89)(H,76,88)(H,77,90)/t41-,43-,44-,45-,46-,47-,48-,49-,50-/m0/s1. The van der Waals surface area contributed by atoms with Gasteiger partial charge in [-0.3, -0.25) is 57.5 Å². The SMILES string of the molecule is CC(C)C[C@H](NC(=O)CNC(=O)[C@H](Cc1ccccc1)NC(=O)[C@H](CO)NC(=O)[C@H](CC(N)=O)NC(=O)[C@H](Cc1c[nH]c2ccccc12)NC(=O)[C@H](CC(N)=O)NC(=O)[C@@H](N)Cc1ccc(O)cc1)C(=O)N[C@@H](CCCN)C(=O)N[C@@H](Cc1ccccc1)C(N)=O. The van der Waals surface area contributed by atoms with E-state index in [0.29, 0.717) is 34.0 Å². The second kappa shape index (κ2) is 35.7. The molecule has 29 heteroatoms. The number of para-hydroxylation sites is 1. The lowest BCUT2D eigenvalue weighted by Gasteiger charge is -2.27. The van der Waals surface area contributed by atoms with Crippen molar-refractivity contribution in [2.75, 3.05) is 19.7 Å². The number of phenols is 1. The number of aliphatic hydroxyl groups is 1. The number of nitrogens with two attached hydrogens (primary N) is 5. The topological polar surface area (TPSA) is 499 Å². The lowest BCUT2D eigenvalue weighted by Crippen LogP contribution is -2.61. The van der Waals surface area contributed by atoms with E-state index in [-0.39, 0.29) is 56.7 Å². The number of aromatic nitrogens is 1. The molecule has 12 amide bonds. The van der Waals surface area contributed by atoms with E-state index in [1.807, 2.05) is 0 Å². The Bertz CT molecular complexity index is 3330. The molecule has 0 bridgehead atoms. The molecule has 0 spiro atoms. The minimum absolute atomic E-state index is 0.0324. The van der Waals surface area contributed by atoms with Gasteiger partial charge in [0.25, 0.3) is 0 Å². The van der Waals surface area contributed by atoms with Crippen LogP contribution in [0.5, 0.6) is 5.75 Å². The molecule has 9 atom stereocenters. The highest BCUT2D eigenvalue weighted by atomic mass is 16.3. The summed E-state index contributed by atoms with van der Waals surface area (Å²) in [7, 11) is 0. The number of amides is 12. The molecule has 0 aliphatic rings. The van der Waals surface area contributed by atoms with E-state index in [9.17, 15) is 67.7 Å². The van der Waals surface area contributed by atoms with Gasteiger partial charge in [0.1, 0.15) is 54.1 Å². The normalized spacial score (nSPS) is 14.0. The fourth-order valence-electron chi connectivity index (χ4n) is 9.60. The zero-order valence-electron chi connectivity index (χ0n) is 50.4. The van der Waals surface area contributed by atoms with Gasteiger partial charge in [-0.15, -0.1) is 0 Å². The Hall–Kier alpha value is -10.3. The first-order valence-corrected chi connectivity index (χ1v) is 29.4. The number of aliphatic hydroxyl groups excluding tert-OH is 1. The molecular weight excluding hydrogens is 1180 g/mol. The summed E-state index contributed by atoms with van der Waals surface area (Å²) in [5, 5.41) is 43.1. The van der Waals surface area contributed by atoms with Crippen molar-refractivity contribution in [3.8, 4) is 5.75 Å². The summed E-state index contributed by atoms with van der Waals surface area (Å²) in [5.74, 6) is -11.9. The minimum Gasteiger partial charge on any atom is -0.508 e. The van der Waals surface area contributed by atoms with Gasteiger partial charge in [-0.25, -0.2) is 0 Å². The maximum Gasteiger partial charge on any atom is 0.245 e. The van der Waals surface area contributed by atoms with Gasteiger partial charge < -0.3 is 91.7 Å². The summed E-state index contributed by atoms with van der Waals surface area (Å²) in [6, 6.07) is 16.3. The van der Waals surface area contributed by atoms with Crippen LogP contribution in [0.1, 0.15) is 68.2 Å². The van der Waals surface area contributed by atoms with E-state index in [1.165, 1.54) is 24.3 Å². The summed E-state index contributed by atoms with van der Waals surface area (Å²) in [4.78, 5) is 165. The zero-order valence-corrected chi connectivity index (χ0v) is 50.4. The minimum atomic E-state index is -1.90. The summed E-state index contributed by atoms with van der Waals surface area (Å²) < 4.78 is 0. The molecule has 0 fully saturated rings. The lowest BCUT2D eigenvalue weighted by molar-refractivity contribution is -0.136. The fraction of sp³-hybridized carbons (Fsp3) is 0.387. The molecule has 0 radical (unpaired) electrons. The van der Waals surface area contributed by atoms with E-state index in [2.05, 4.69) is 52.8 Å². The van der Waals surface area contributed by atoms with Crippen LogP contribution in [-0.2, 0) is 83.2 Å². The predicted octanol–water partition coefficient (Wildman–Crippen LogP) is -3.52. The summed E-state index contributed by atoms with van der Waals surface area (Å²) >= 11 is 0. The second-order valence-corrected chi connectivity index (χ2v) is 22.2. The third kappa shape index (κ3) is 23.7. The summed E-state index contributed by atoms with van der Waals surface area (Å²) in [5.41, 5.74) is 31.4. The number of carbonyl (C=O) groups excluding carboxylic acids is 12. The van der Waals surface area contributed by atoms with Crippen LogP contribution >= 0.6 is 0 Å². The van der Waals surface area contributed by atoms with Gasteiger partial charge in [0.05, 0.1) is 32.0 Å². The van der Waals surface area contributed by atoms with Crippen molar-refractivity contribution < 1.29 is 67.7 Å². The first kappa shape index (κ1) is 71.5. The van der Waals surface area contributed by atoms with Crippen LogP contribution < -0.4 is 76.5 Å². The van der Waals surface area contributed by atoms with Crippen LogP contribution in [0, 0.1) is 5.92 Å². The number of benzene rings is 4. The Kier molecular flexibility index (Phi) is 28.0. The molecule has 1 heterocycles. The summed E-state index contributed by atoms with van der Waals surface area (Å²) in [6.07, 6.45) is -0.175. The van der Waals surface area contributed by atoms with Gasteiger partial charge in [-0.05, 0) is 78.6 Å². The number of aromatic hydroxyl groups is 1. The molecule has 0 aliphatic carbocycles. The Morgan fingerprint density at radius 3 is 1.48 bits per heavy atom. The van der Waals surface area contributed by atoms with Gasteiger partial charge in [-0.1, -0.05) is 105 Å². The van der Waals surface area contributed by atoms with Crippen LogP contribution in [0.3, 0.4) is 0 Å². The first-order chi connectivity index (χ1) is 43.3. The molecule has 29 nitrogen and oxygen atoms in total. The van der Waals surface area contributed by atoms with E-state index >= 15 is 0 Å². The number of hydrogen-bond acceptors (Lipinski definition) is 16. The molecule has 4 aromatic carbocycles. The average molecular weight is 1260 g/mol. The fourth-order valence-corrected chi connectivity index (χ4v) is 9.60. The molecule has 0 saturated heterocycles. The number of nitrogens with one attached hydrogen (secondary N) is 10. The highest BCUT2D eigenvalue weighted by Gasteiger charge is 2.36. The quantitative estimate of drug-likeness (QED) is 0.0183. The Morgan fingerprint density at radius 1 is 0.484 bits per heavy atom. The number of phenolic OH excluding ortho intramolecular Hbond substituents is 1. The highest BCUT2D eigenvalue weighted by Crippen LogP contribution is 2.20. The van der Waals surface area contributed by atoms with Crippen LogP contribution in [0.2, 0.25) is 0 Å². The van der Waals surface area contributed by atoms with Crippen molar-refractivity contribution in [3.63, 3.8) is 0 Å². The highest BCUT2D eigenvalue weighted by molar-refractivity contribution is 6.00. The largest absolute Gasteiger partial charge is 0.508 e. The second-order valence-electron chi connectivity index (χ2n) is 22.2. The van der Waals surface area contributed by atoms with Crippen molar-refractivity contribution in [1.82, 2.24) is 52.8 Å². The number of H-pyrrole nitrogens is 1. The molecule has 5 aromatic rings. The molecule has 488 valence electrons. The zero-order chi connectivity index (χ0) is 66.7. The van der Waals surface area contributed by atoms with E-state index in [4.69, 9.17) is 28.7 Å². The van der Waals surface area contributed by atoms with Gasteiger partial charge in [0.2, 0.25) is 70.9 Å². The number of carbonyl (C=O) groups is 12. The van der Waals surface area contributed by atoms with Crippen molar-refractivity contribution in [3.05, 3.63) is 138 Å². The van der Waals surface area contributed by atoms with E-state index in [1.54, 1.807) is 105 Å². The monoisotopic (exact) mass is 1260 g/mol. The predicted molar refractivity (Wildman–Crippen MR) is 332 cm³/mol. The Morgan fingerprint density at radius 2 is 0.934 bits per heavy atom. The Balaban J connectivity index is 1.29. The number of aromatic amines is 1. The molecule has 0 unspecified atom stereocenters. The van der Waals surface area contributed by atoms with Gasteiger partial charge in [0.15, 0.2) is 0 Å². The molecule has 0 aliphatic heterocycles. The van der Waals surface area contributed by atoms with Gasteiger partial charge >= 0.3 is 0 Å². The Labute approximate surface area is 524 Å². The van der Waals surface area contributed by atoms with Crippen LogP contribution in [0.4, 0.5) is 0 Å². The van der Waals surface area contributed by atoms with Crippen molar-refractivity contribution in [2.45, 2.75) is 126 Å². The van der Waals surface area contributed by atoms with Crippen LogP contribution in [0.15, 0.2) is 115 Å². The van der Waals surface area contributed by atoms with E-state index < -0.39 is 151 Å². The number of fused-ring (bicyclic) bond motifs is 1. The lowest BCUT2D eigenvalue weighted by atomic mass is 10.0. The first-order valence-electron chi connectivity index (χ1n) is 29.4. The molecule has 1 aromatic heterocycles. The smallest absolute Gasteiger partial charge is 0.245 e. The van der Waals surface area contributed by atoms with E-state index in [0.717, 1.165) is 5.56 Å². The average Bonchev–Trinajstić information content (AvgIpc) is 2.16. The number of rotatable bonds is 37. The van der Waals surface area contributed by atoms with Crippen LogP contribution in [-0.4, -0.2) is 160 Å². The molecule has 5 rings (SSSR count). The van der Waals surface area contributed by atoms with Gasteiger partial charge in [0, 0.05) is 36.4 Å². The van der Waals surface area contributed by atoms with Crippen molar-refractivity contribution in [2.24, 2.45) is 34.6 Å². The molecular formula is C62H81N15O14. The number of hydrogen-bond donors (Lipinski definition) is 17. The molecule has 0 saturated carbocycles. The molecule has 22 N–H and O–H groups in total. The molecule has 91 heavy (non-hydrogen) atoms. The third-order valence-corrected chi connectivity index (χ3v) is 14.3.